The average Bonchev–Trinajstić information content (AvgIpc) is 2.94. The zero-order chi connectivity index (χ0) is 14.0. The van der Waals surface area contributed by atoms with Crippen LogP contribution in [-0.2, 0) is 11.3 Å². The van der Waals surface area contributed by atoms with Crippen LogP contribution in [-0.4, -0.2) is 40.1 Å². The Bertz CT molecular complexity index is 499. The number of aromatic nitrogens is 1. The van der Waals surface area contributed by atoms with Gasteiger partial charge < -0.3 is 19.7 Å². The summed E-state index contributed by atoms with van der Waals surface area (Å²) in [5.74, 6) is 0.251. The van der Waals surface area contributed by atoms with Crippen molar-refractivity contribution < 1.29 is 19.1 Å². The van der Waals surface area contributed by atoms with Crippen molar-refractivity contribution in [2.75, 3.05) is 13.1 Å². The highest BCUT2D eigenvalue weighted by Gasteiger charge is 2.42. The van der Waals surface area contributed by atoms with Crippen LogP contribution in [0.4, 0.5) is 4.79 Å². The van der Waals surface area contributed by atoms with E-state index in [9.17, 15) is 9.59 Å². The molecule has 0 bridgehead atoms. The molecule has 0 aromatic carbocycles. The van der Waals surface area contributed by atoms with Crippen LogP contribution in [0.1, 0.15) is 25.0 Å². The fourth-order valence-corrected chi connectivity index (χ4v) is 2.06. The Morgan fingerprint density at radius 3 is 2.89 bits per heavy atom. The molecule has 1 aliphatic rings. The molecule has 2 amide bonds. The van der Waals surface area contributed by atoms with Gasteiger partial charge in [0.2, 0.25) is 5.89 Å². The number of carboxylic acid groups (broad SMARTS) is 1. The predicted octanol–water partition coefficient (Wildman–Crippen LogP) is 0.989. The number of carbonyl (C=O) groups excluding carboxylic acids is 1. The standard InChI is InChI=1S/C12H17N3O4/c1-8-5-13-9(19-8)6-14-11(18)15-4-3-12(2,7-15)10(16)17/h5H,3-4,6-7H2,1-2H3,(H,14,18)(H,16,17). The van der Waals surface area contributed by atoms with E-state index in [0.717, 1.165) is 0 Å². The summed E-state index contributed by atoms with van der Waals surface area (Å²) in [5.41, 5.74) is -0.850. The molecule has 7 nitrogen and oxygen atoms in total. The monoisotopic (exact) mass is 267 g/mol. The number of aryl methyl sites for hydroxylation is 1. The largest absolute Gasteiger partial charge is 0.481 e. The van der Waals surface area contributed by atoms with Crippen molar-refractivity contribution in [1.29, 1.82) is 0 Å². The first-order valence-electron chi connectivity index (χ1n) is 6.08. The van der Waals surface area contributed by atoms with E-state index in [1.54, 1.807) is 20.0 Å². The molecule has 0 aliphatic carbocycles. The third kappa shape index (κ3) is 2.86. The number of oxazole rings is 1. The lowest BCUT2D eigenvalue weighted by atomic mass is 9.90. The SMILES string of the molecule is Cc1cnc(CNC(=O)N2CCC(C)(C(=O)O)C2)o1. The van der Waals surface area contributed by atoms with E-state index in [2.05, 4.69) is 10.3 Å². The number of nitrogens with one attached hydrogen (secondary N) is 1. The fourth-order valence-electron chi connectivity index (χ4n) is 2.06. The van der Waals surface area contributed by atoms with Gasteiger partial charge in [0.1, 0.15) is 5.76 Å². The molecule has 1 atom stereocenters. The molecular formula is C12H17N3O4. The molecule has 7 heteroatoms. The van der Waals surface area contributed by atoms with E-state index in [-0.39, 0.29) is 19.1 Å². The summed E-state index contributed by atoms with van der Waals surface area (Å²) >= 11 is 0. The van der Waals surface area contributed by atoms with Crippen LogP contribution < -0.4 is 5.32 Å². The van der Waals surface area contributed by atoms with Gasteiger partial charge in [0.15, 0.2) is 0 Å². The highest BCUT2D eigenvalue weighted by Crippen LogP contribution is 2.29. The van der Waals surface area contributed by atoms with Crippen molar-refractivity contribution in [2.24, 2.45) is 5.41 Å². The summed E-state index contributed by atoms with van der Waals surface area (Å²) in [5, 5.41) is 11.8. The second-order valence-electron chi connectivity index (χ2n) is 5.06. The van der Waals surface area contributed by atoms with Crippen LogP contribution in [0.5, 0.6) is 0 Å². The number of carboxylic acids is 1. The van der Waals surface area contributed by atoms with Crippen LogP contribution in [0.2, 0.25) is 0 Å². The first kappa shape index (κ1) is 13.4. The lowest BCUT2D eigenvalue weighted by molar-refractivity contribution is -0.147. The lowest BCUT2D eigenvalue weighted by Crippen LogP contribution is -2.40. The highest BCUT2D eigenvalue weighted by atomic mass is 16.4. The molecule has 1 aliphatic heterocycles. The van der Waals surface area contributed by atoms with E-state index in [4.69, 9.17) is 9.52 Å². The number of rotatable bonds is 3. The summed E-state index contributed by atoms with van der Waals surface area (Å²) in [6.07, 6.45) is 2.05. The first-order chi connectivity index (χ1) is 8.90. The van der Waals surface area contributed by atoms with Gasteiger partial charge in [0.25, 0.3) is 0 Å². The minimum atomic E-state index is -0.869. The van der Waals surface area contributed by atoms with E-state index in [0.29, 0.717) is 24.6 Å². The summed E-state index contributed by atoms with van der Waals surface area (Å²) in [6.45, 7) is 4.29. The molecule has 1 saturated heterocycles. The second kappa shape index (κ2) is 4.91. The van der Waals surface area contributed by atoms with Crippen LogP contribution in [0, 0.1) is 12.3 Å². The Labute approximate surface area is 110 Å². The number of urea groups is 1. The Morgan fingerprint density at radius 1 is 1.63 bits per heavy atom. The number of carbonyl (C=O) groups is 2. The molecule has 2 N–H and O–H groups in total. The van der Waals surface area contributed by atoms with Gasteiger partial charge in [-0.3, -0.25) is 4.79 Å². The molecule has 2 rings (SSSR count). The van der Waals surface area contributed by atoms with E-state index in [1.807, 2.05) is 0 Å². The maximum atomic E-state index is 11.9. The van der Waals surface area contributed by atoms with Crippen molar-refractivity contribution in [3.05, 3.63) is 17.8 Å². The Balaban J connectivity index is 1.86. The van der Waals surface area contributed by atoms with E-state index in [1.165, 1.54) is 4.90 Å². The Morgan fingerprint density at radius 2 is 2.37 bits per heavy atom. The predicted molar refractivity (Wildman–Crippen MR) is 65.4 cm³/mol. The minimum Gasteiger partial charge on any atom is -0.481 e. The molecule has 1 aromatic heterocycles. The van der Waals surface area contributed by atoms with E-state index >= 15 is 0 Å². The molecule has 1 fully saturated rings. The summed E-state index contributed by atoms with van der Waals surface area (Å²) in [7, 11) is 0. The van der Waals surface area contributed by atoms with Gasteiger partial charge in [-0.25, -0.2) is 9.78 Å². The Hall–Kier alpha value is -2.05. The lowest BCUT2D eigenvalue weighted by Gasteiger charge is -2.20. The zero-order valence-electron chi connectivity index (χ0n) is 11.0. The third-order valence-corrected chi connectivity index (χ3v) is 3.34. The minimum absolute atomic E-state index is 0.201. The van der Waals surface area contributed by atoms with Gasteiger partial charge in [-0.1, -0.05) is 0 Å². The van der Waals surface area contributed by atoms with Gasteiger partial charge in [0.05, 0.1) is 18.2 Å². The van der Waals surface area contributed by atoms with Crippen molar-refractivity contribution in [2.45, 2.75) is 26.8 Å². The van der Waals surface area contributed by atoms with Crippen molar-refractivity contribution in [1.82, 2.24) is 15.2 Å². The number of hydrogen-bond acceptors (Lipinski definition) is 4. The van der Waals surface area contributed by atoms with Gasteiger partial charge in [-0.15, -0.1) is 0 Å². The molecule has 0 saturated carbocycles. The van der Waals surface area contributed by atoms with Crippen LogP contribution in [0.25, 0.3) is 0 Å². The van der Waals surface area contributed by atoms with Crippen molar-refractivity contribution in [3.8, 4) is 0 Å². The molecule has 1 aromatic rings. The second-order valence-corrected chi connectivity index (χ2v) is 5.06. The Kier molecular flexibility index (Phi) is 3.46. The smallest absolute Gasteiger partial charge is 0.317 e. The zero-order valence-corrected chi connectivity index (χ0v) is 11.0. The average molecular weight is 267 g/mol. The summed E-state index contributed by atoms with van der Waals surface area (Å²) < 4.78 is 5.24. The summed E-state index contributed by atoms with van der Waals surface area (Å²) in [4.78, 5) is 28.5. The first-order valence-corrected chi connectivity index (χ1v) is 6.08. The maximum Gasteiger partial charge on any atom is 0.317 e. The normalized spacial score (nSPS) is 22.5. The third-order valence-electron chi connectivity index (χ3n) is 3.34. The molecule has 19 heavy (non-hydrogen) atoms. The number of nitrogens with zero attached hydrogens (tertiary/aromatic N) is 2. The van der Waals surface area contributed by atoms with E-state index < -0.39 is 11.4 Å². The summed E-state index contributed by atoms with van der Waals surface area (Å²) in [6, 6.07) is -0.291. The number of amides is 2. The topological polar surface area (TPSA) is 95.7 Å². The van der Waals surface area contributed by atoms with Gasteiger partial charge >= 0.3 is 12.0 Å². The van der Waals surface area contributed by atoms with Crippen molar-refractivity contribution in [3.63, 3.8) is 0 Å². The van der Waals surface area contributed by atoms with Gasteiger partial charge in [-0.05, 0) is 20.3 Å². The van der Waals surface area contributed by atoms with Gasteiger partial charge in [0, 0.05) is 13.1 Å². The number of hydrogen-bond donors (Lipinski definition) is 2. The fraction of sp³-hybridized carbons (Fsp3) is 0.583. The van der Waals surface area contributed by atoms with Crippen molar-refractivity contribution >= 4 is 12.0 Å². The van der Waals surface area contributed by atoms with Crippen LogP contribution in [0.15, 0.2) is 10.6 Å². The molecule has 0 spiro atoms. The molecular weight excluding hydrogens is 250 g/mol. The van der Waals surface area contributed by atoms with Crippen LogP contribution in [0.3, 0.4) is 0 Å². The quantitative estimate of drug-likeness (QED) is 0.851. The molecule has 0 radical (unpaired) electrons. The number of aliphatic carboxylic acids is 1. The number of likely N-dealkylation sites (tertiary alicyclic amines) is 1. The molecule has 1 unspecified atom stereocenters. The highest BCUT2D eigenvalue weighted by molar-refractivity contribution is 5.79. The van der Waals surface area contributed by atoms with Crippen LogP contribution >= 0.6 is 0 Å². The molecule has 104 valence electrons. The maximum absolute atomic E-state index is 11.9. The molecule has 2 heterocycles. The van der Waals surface area contributed by atoms with Gasteiger partial charge in [-0.2, -0.15) is 0 Å².